The molecule has 0 unspecified atom stereocenters. The number of aromatic nitrogens is 1. The number of pyridine rings is 1. The Labute approximate surface area is 118 Å². The molecule has 3 rings (SSSR count). The van der Waals surface area contributed by atoms with E-state index in [9.17, 15) is 0 Å². The first-order valence-corrected chi connectivity index (χ1v) is 7.16. The molecule has 0 bridgehead atoms. The number of hydrogen-bond acceptors (Lipinski definition) is 4. The molecule has 2 aliphatic rings. The molecule has 19 heavy (non-hydrogen) atoms. The first kappa shape index (κ1) is 13.2. The number of anilines is 1. The highest BCUT2D eigenvalue weighted by atomic mass is 35.5. The molecule has 2 atom stereocenters. The molecule has 0 saturated carbocycles. The van der Waals surface area contributed by atoms with Crippen LogP contribution in [0.3, 0.4) is 0 Å². The van der Waals surface area contributed by atoms with E-state index in [1.165, 1.54) is 0 Å². The van der Waals surface area contributed by atoms with E-state index in [0.29, 0.717) is 11.6 Å². The maximum absolute atomic E-state index is 6.26. The van der Waals surface area contributed by atoms with Crippen molar-refractivity contribution in [1.29, 1.82) is 0 Å². The lowest BCUT2D eigenvalue weighted by atomic mass is 9.93. The van der Waals surface area contributed by atoms with E-state index in [4.69, 9.17) is 21.1 Å². The third kappa shape index (κ3) is 2.71. The molecule has 1 aromatic rings. The van der Waals surface area contributed by atoms with Gasteiger partial charge in [-0.3, -0.25) is 4.98 Å². The van der Waals surface area contributed by atoms with Crippen molar-refractivity contribution in [1.82, 2.24) is 4.98 Å². The summed E-state index contributed by atoms with van der Waals surface area (Å²) in [6.45, 7) is 5.32. The molecule has 0 aromatic carbocycles. The second kappa shape index (κ2) is 5.27. The summed E-state index contributed by atoms with van der Waals surface area (Å²) < 4.78 is 11.8. The SMILES string of the molecule is C[C@@H]1CN(c2ccncc2Cl)C[C@]2(CCCOC2)O1. The van der Waals surface area contributed by atoms with Crippen molar-refractivity contribution in [3.63, 3.8) is 0 Å². The minimum absolute atomic E-state index is 0.178. The van der Waals surface area contributed by atoms with Crippen molar-refractivity contribution < 1.29 is 9.47 Å². The van der Waals surface area contributed by atoms with Gasteiger partial charge in [-0.05, 0) is 25.8 Å². The molecule has 0 aliphatic carbocycles. The van der Waals surface area contributed by atoms with Crippen LogP contribution < -0.4 is 4.90 Å². The Morgan fingerprint density at radius 3 is 3.16 bits per heavy atom. The highest BCUT2D eigenvalue weighted by Crippen LogP contribution is 2.34. The summed E-state index contributed by atoms with van der Waals surface area (Å²) in [6.07, 6.45) is 5.77. The van der Waals surface area contributed by atoms with Gasteiger partial charge in [0.2, 0.25) is 0 Å². The number of rotatable bonds is 1. The maximum atomic E-state index is 6.26. The summed E-state index contributed by atoms with van der Waals surface area (Å²) >= 11 is 6.26. The van der Waals surface area contributed by atoms with Crippen LogP contribution in [-0.2, 0) is 9.47 Å². The van der Waals surface area contributed by atoms with Gasteiger partial charge in [-0.25, -0.2) is 0 Å². The van der Waals surface area contributed by atoms with Gasteiger partial charge in [0, 0.05) is 32.1 Å². The Kier molecular flexibility index (Phi) is 3.65. The van der Waals surface area contributed by atoms with Crippen molar-refractivity contribution in [2.45, 2.75) is 31.5 Å². The van der Waals surface area contributed by atoms with Crippen molar-refractivity contribution in [3.05, 3.63) is 23.5 Å². The number of halogens is 1. The average Bonchev–Trinajstić information content (AvgIpc) is 2.39. The third-order valence-electron chi connectivity index (χ3n) is 3.79. The zero-order chi connectivity index (χ0) is 13.3. The van der Waals surface area contributed by atoms with Crippen molar-refractivity contribution in [2.75, 3.05) is 31.2 Å². The second-order valence-corrected chi connectivity index (χ2v) is 5.88. The van der Waals surface area contributed by atoms with E-state index < -0.39 is 0 Å². The van der Waals surface area contributed by atoms with E-state index >= 15 is 0 Å². The zero-order valence-electron chi connectivity index (χ0n) is 11.1. The van der Waals surface area contributed by atoms with E-state index in [0.717, 1.165) is 38.2 Å². The Bertz CT molecular complexity index is 449. The molecule has 2 saturated heterocycles. The van der Waals surface area contributed by atoms with Gasteiger partial charge >= 0.3 is 0 Å². The number of morpholine rings is 1. The largest absolute Gasteiger partial charge is 0.378 e. The van der Waals surface area contributed by atoms with Gasteiger partial charge in [0.05, 0.1) is 23.4 Å². The molecule has 104 valence electrons. The van der Waals surface area contributed by atoms with Gasteiger partial charge in [-0.1, -0.05) is 11.6 Å². The summed E-state index contributed by atoms with van der Waals surface area (Å²) in [5.74, 6) is 0. The van der Waals surface area contributed by atoms with Crippen LogP contribution in [0.15, 0.2) is 18.5 Å². The Morgan fingerprint density at radius 1 is 1.53 bits per heavy atom. The lowest BCUT2D eigenvalue weighted by molar-refractivity contribution is -0.160. The molecular formula is C14H19ClN2O2. The fraction of sp³-hybridized carbons (Fsp3) is 0.643. The highest BCUT2D eigenvalue weighted by molar-refractivity contribution is 6.33. The maximum Gasteiger partial charge on any atom is 0.109 e. The summed E-state index contributed by atoms with van der Waals surface area (Å²) in [7, 11) is 0. The van der Waals surface area contributed by atoms with Crippen LogP contribution in [-0.4, -0.2) is 43.0 Å². The van der Waals surface area contributed by atoms with Crippen LogP contribution in [0.1, 0.15) is 19.8 Å². The van der Waals surface area contributed by atoms with E-state index in [1.54, 1.807) is 12.4 Å². The normalized spacial score (nSPS) is 31.7. The predicted octanol–water partition coefficient (Wildman–Crippen LogP) is 2.51. The van der Waals surface area contributed by atoms with E-state index in [-0.39, 0.29) is 11.7 Å². The molecule has 2 aliphatic heterocycles. The molecule has 4 nitrogen and oxygen atoms in total. The fourth-order valence-electron chi connectivity index (χ4n) is 3.08. The van der Waals surface area contributed by atoms with Crippen molar-refractivity contribution in [3.8, 4) is 0 Å². The van der Waals surface area contributed by atoms with Gasteiger partial charge in [0.1, 0.15) is 5.60 Å². The van der Waals surface area contributed by atoms with Gasteiger partial charge in [-0.15, -0.1) is 0 Å². The lowest BCUT2D eigenvalue weighted by Crippen LogP contribution is -2.58. The molecule has 0 radical (unpaired) electrons. The van der Waals surface area contributed by atoms with Gasteiger partial charge in [-0.2, -0.15) is 0 Å². The van der Waals surface area contributed by atoms with Crippen LogP contribution in [0.2, 0.25) is 5.02 Å². The van der Waals surface area contributed by atoms with E-state index in [1.807, 2.05) is 6.07 Å². The van der Waals surface area contributed by atoms with Crippen LogP contribution in [0.4, 0.5) is 5.69 Å². The van der Waals surface area contributed by atoms with E-state index in [2.05, 4.69) is 16.8 Å². The Hall–Kier alpha value is -0.840. The Morgan fingerprint density at radius 2 is 2.42 bits per heavy atom. The highest BCUT2D eigenvalue weighted by Gasteiger charge is 2.41. The van der Waals surface area contributed by atoms with Crippen molar-refractivity contribution >= 4 is 17.3 Å². The molecular weight excluding hydrogens is 264 g/mol. The third-order valence-corrected chi connectivity index (χ3v) is 4.08. The monoisotopic (exact) mass is 282 g/mol. The van der Waals surface area contributed by atoms with Crippen molar-refractivity contribution in [2.24, 2.45) is 0 Å². The lowest BCUT2D eigenvalue weighted by Gasteiger charge is -2.48. The summed E-state index contributed by atoms with van der Waals surface area (Å²) in [5.41, 5.74) is 0.861. The summed E-state index contributed by atoms with van der Waals surface area (Å²) in [5, 5.41) is 0.698. The van der Waals surface area contributed by atoms with Crippen LogP contribution in [0, 0.1) is 0 Å². The van der Waals surface area contributed by atoms with Crippen LogP contribution >= 0.6 is 11.6 Å². The standard InChI is InChI=1S/C14H19ClN2O2/c1-11-8-17(13-3-5-16-7-12(13)15)9-14(19-11)4-2-6-18-10-14/h3,5,7,11H,2,4,6,8-10H2,1H3/t11-,14+/m1/s1. The molecule has 0 N–H and O–H groups in total. The average molecular weight is 283 g/mol. The zero-order valence-corrected chi connectivity index (χ0v) is 11.9. The number of hydrogen-bond donors (Lipinski definition) is 0. The molecule has 1 aromatic heterocycles. The minimum atomic E-state index is -0.178. The number of nitrogens with zero attached hydrogens (tertiary/aromatic N) is 2. The fourth-order valence-corrected chi connectivity index (χ4v) is 3.32. The topological polar surface area (TPSA) is 34.6 Å². The molecule has 0 amide bonds. The van der Waals surface area contributed by atoms with Crippen LogP contribution in [0.5, 0.6) is 0 Å². The molecule has 2 fully saturated rings. The summed E-state index contributed by atoms with van der Waals surface area (Å²) in [4.78, 5) is 6.35. The van der Waals surface area contributed by atoms with Crippen LogP contribution in [0.25, 0.3) is 0 Å². The smallest absolute Gasteiger partial charge is 0.109 e. The molecule has 3 heterocycles. The minimum Gasteiger partial charge on any atom is -0.378 e. The number of ether oxygens (including phenoxy) is 2. The first-order chi connectivity index (χ1) is 9.19. The first-order valence-electron chi connectivity index (χ1n) is 6.79. The molecule has 5 heteroatoms. The van der Waals surface area contributed by atoms with Gasteiger partial charge in [0.15, 0.2) is 0 Å². The predicted molar refractivity (Wildman–Crippen MR) is 74.8 cm³/mol. The Balaban J connectivity index is 1.84. The second-order valence-electron chi connectivity index (χ2n) is 5.48. The summed E-state index contributed by atoms with van der Waals surface area (Å²) in [6, 6.07) is 1.97. The van der Waals surface area contributed by atoms with Gasteiger partial charge < -0.3 is 14.4 Å². The molecule has 1 spiro atoms. The van der Waals surface area contributed by atoms with Gasteiger partial charge in [0.25, 0.3) is 0 Å². The quantitative estimate of drug-likeness (QED) is 0.793.